The van der Waals surface area contributed by atoms with Crippen molar-refractivity contribution in [3.8, 4) is 23.2 Å². The zero-order valence-corrected chi connectivity index (χ0v) is 22.6. The second kappa shape index (κ2) is 10.5. The number of aryl methyl sites for hydroxylation is 1. The Hall–Kier alpha value is -4.28. The molecule has 13 heteroatoms. The minimum Gasteiger partial charge on any atom is -0.396 e. The van der Waals surface area contributed by atoms with Crippen LogP contribution in [0.3, 0.4) is 0 Å². The van der Waals surface area contributed by atoms with Crippen molar-refractivity contribution in [2.24, 2.45) is 12.5 Å². The number of rotatable bonds is 9. The molecule has 12 nitrogen and oxygen atoms in total. The van der Waals surface area contributed by atoms with Crippen molar-refractivity contribution < 1.29 is 13.5 Å². The molecule has 0 spiro atoms. The summed E-state index contributed by atoms with van der Waals surface area (Å²) >= 11 is 0. The molecule has 4 heterocycles. The normalized spacial score (nSPS) is 13.5. The summed E-state index contributed by atoms with van der Waals surface area (Å²) in [5.74, 6) is 7.56. The molecule has 39 heavy (non-hydrogen) atoms. The molecule has 0 aromatic carbocycles. The largest absolute Gasteiger partial charge is 0.396 e. The van der Waals surface area contributed by atoms with E-state index in [2.05, 4.69) is 47.6 Å². The van der Waals surface area contributed by atoms with Crippen LogP contribution >= 0.6 is 0 Å². The maximum absolute atomic E-state index is 12.5. The second-order valence-electron chi connectivity index (χ2n) is 10.2. The van der Waals surface area contributed by atoms with Crippen molar-refractivity contribution in [3.63, 3.8) is 0 Å². The van der Waals surface area contributed by atoms with E-state index < -0.39 is 10.0 Å². The van der Waals surface area contributed by atoms with E-state index >= 15 is 0 Å². The zero-order valence-electron chi connectivity index (χ0n) is 21.8. The molecular weight excluding hydrogens is 518 g/mol. The number of hydrogen-bond donors (Lipinski definition) is 3. The van der Waals surface area contributed by atoms with Gasteiger partial charge < -0.3 is 15.7 Å². The molecule has 202 valence electrons. The van der Waals surface area contributed by atoms with Crippen LogP contribution in [0.25, 0.3) is 11.4 Å². The number of nitrogens with zero attached hydrogens (tertiary/aromatic N) is 7. The van der Waals surface area contributed by atoms with Gasteiger partial charge in [0.1, 0.15) is 11.6 Å². The minimum atomic E-state index is -3.47. The van der Waals surface area contributed by atoms with Gasteiger partial charge in [-0.1, -0.05) is 25.7 Å². The molecule has 3 N–H and O–H groups in total. The molecule has 0 unspecified atom stereocenters. The van der Waals surface area contributed by atoms with Gasteiger partial charge in [0.05, 0.1) is 46.2 Å². The highest BCUT2D eigenvalue weighted by molar-refractivity contribution is 7.90. The quantitative estimate of drug-likeness (QED) is 0.266. The number of hydrogen-bond acceptors (Lipinski definition) is 10. The Labute approximate surface area is 226 Å². The van der Waals surface area contributed by atoms with Crippen molar-refractivity contribution in [1.29, 1.82) is 0 Å². The molecule has 0 atom stereocenters. The van der Waals surface area contributed by atoms with E-state index in [1.165, 1.54) is 12.4 Å². The van der Waals surface area contributed by atoms with Crippen LogP contribution in [0.5, 0.6) is 0 Å². The van der Waals surface area contributed by atoms with Gasteiger partial charge in [-0.15, -0.1) is 0 Å². The van der Waals surface area contributed by atoms with Crippen LogP contribution in [0.4, 0.5) is 17.3 Å². The molecule has 1 aliphatic rings. The Morgan fingerprint density at radius 1 is 1.10 bits per heavy atom. The third-order valence-corrected chi connectivity index (χ3v) is 8.11. The second-order valence-corrected chi connectivity index (χ2v) is 12.3. The fourth-order valence-electron chi connectivity index (χ4n) is 3.56. The lowest BCUT2D eigenvalue weighted by Gasteiger charge is -2.23. The van der Waals surface area contributed by atoms with Crippen molar-refractivity contribution in [2.45, 2.75) is 31.9 Å². The summed E-state index contributed by atoms with van der Waals surface area (Å²) in [5.41, 5.74) is 2.36. The molecule has 0 aliphatic heterocycles. The first-order chi connectivity index (χ1) is 18.6. The van der Waals surface area contributed by atoms with Gasteiger partial charge in [0, 0.05) is 50.3 Å². The van der Waals surface area contributed by atoms with E-state index in [1.807, 2.05) is 33.2 Å². The van der Waals surface area contributed by atoms with E-state index in [9.17, 15) is 13.5 Å². The number of aliphatic hydroxyl groups is 1. The maximum atomic E-state index is 12.5. The molecule has 0 radical (unpaired) electrons. The molecule has 0 bridgehead atoms. The Balaban J connectivity index is 1.39. The van der Waals surface area contributed by atoms with Gasteiger partial charge in [-0.05, 0) is 18.9 Å². The van der Waals surface area contributed by atoms with E-state index in [4.69, 9.17) is 0 Å². The first kappa shape index (κ1) is 26.3. The van der Waals surface area contributed by atoms with Crippen LogP contribution in [0, 0.1) is 17.3 Å². The summed E-state index contributed by atoms with van der Waals surface area (Å²) in [6, 6.07) is 3.51. The highest BCUT2D eigenvalue weighted by atomic mass is 32.2. The van der Waals surface area contributed by atoms with Crippen LogP contribution in [-0.4, -0.2) is 65.8 Å². The van der Waals surface area contributed by atoms with E-state index in [1.54, 1.807) is 29.3 Å². The van der Waals surface area contributed by atoms with Crippen LogP contribution in [0.2, 0.25) is 0 Å². The molecule has 0 amide bonds. The number of aromatic nitrogens is 7. The number of nitrogens with one attached hydrogen (secondary N) is 2. The van der Waals surface area contributed by atoms with Crippen molar-refractivity contribution in [1.82, 2.24) is 33.9 Å². The topological polar surface area (TPSA) is 153 Å². The highest BCUT2D eigenvalue weighted by Gasteiger charge is 2.37. The molecular formula is C26H29N9O3S. The van der Waals surface area contributed by atoms with Gasteiger partial charge in [-0.2, -0.15) is 14.3 Å². The molecule has 5 rings (SSSR count). The standard InChI is InChI=1S/C26H29N9O3S/c1-26(2,17-36)16-29-22-10-24(28-12-19(22)5-4-18-11-30-34(3)14-18)32-23-8-9-27-25(33-23)20-13-31-35(15-20)39(37,38)21-6-7-21/h8-15,21,36H,6-7,16-17H2,1-3H3,(H2,27,28,29,32,33). The summed E-state index contributed by atoms with van der Waals surface area (Å²) < 4.78 is 27.6. The van der Waals surface area contributed by atoms with Crippen LogP contribution in [0.15, 0.2) is 49.3 Å². The fraction of sp³-hybridized carbons (Fsp3) is 0.346. The lowest BCUT2D eigenvalue weighted by molar-refractivity contribution is 0.171. The molecule has 1 saturated carbocycles. The van der Waals surface area contributed by atoms with Crippen LogP contribution in [0.1, 0.15) is 37.8 Å². The van der Waals surface area contributed by atoms with Gasteiger partial charge >= 0.3 is 0 Å². The van der Waals surface area contributed by atoms with Crippen molar-refractivity contribution >= 4 is 27.3 Å². The SMILES string of the molecule is Cn1cc(C#Cc2cnc(Nc3ccnc(-c4cnn(S(=O)(=O)C5CC5)c4)n3)cc2NCC(C)(C)CO)cn1. The van der Waals surface area contributed by atoms with Gasteiger partial charge in [-0.25, -0.2) is 23.4 Å². The molecule has 1 fully saturated rings. The van der Waals surface area contributed by atoms with Gasteiger partial charge in [0.25, 0.3) is 10.0 Å². The van der Waals surface area contributed by atoms with Crippen LogP contribution < -0.4 is 10.6 Å². The summed E-state index contributed by atoms with van der Waals surface area (Å²) in [5, 5.41) is 24.0. The van der Waals surface area contributed by atoms with Gasteiger partial charge in [0.2, 0.25) is 0 Å². The smallest absolute Gasteiger partial charge is 0.256 e. The van der Waals surface area contributed by atoms with Gasteiger partial charge in [-0.3, -0.25) is 4.68 Å². The molecule has 0 saturated heterocycles. The predicted molar refractivity (Wildman–Crippen MR) is 147 cm³/mol. The van der Waals surface area contributed by atoms with Crippen molar-refractivity contribution in [2.75, 3.05) is 23.8 Å². The Morgan fingerprint density at radius 3 is 2.64 bits per heavy atom. The third kappa shape index (κ3) is 6.24. The maximum Gasteiger partial charge on any atom is 0.256 e. The molecule has 1 aliphatic carbocycles. The van der Waals surface area contributed by atoms with Crippen LogP contribution in [-0.2, 0) is 17.1 Å². The summed E-state index contributed by atoms with van der Waals surface area (Å²) in [6.07, 6.45) is 10.9. The summed E-state index contributed by atoms with van der Waals surface area (Å²) in [6.45, 7) is 4.46. The summed E-state index contributed by atoms with van der Waals surface area (Å²) in [4.78, 5) is 13.3. The first-order valence-electron chi connectivity index (χ1n) is 12.4. The average molecular weight is 548 g/mol. The van der Waals surface area contributed by atoms with E-state index in [0.717, 1.165) is 15.3 Å². The Kier molecular flexibility index (Phi) is 7.07. The lowest BCUT2D eigenvalue weighted by atomic mass is 9.95. The first-order valence-corrected chi connectivity index (χ1v) is 13.9. The fourth-order valence-corrected chi connectivity index (χ4v) is 5.04. The number of anilines is 3. The average Bonchev–Trinajstić information content (AvgIpc) is 3.52. The lowest BCUT2D eigenvalue weighted by Crippen LogP contribution is -2.27. The monoisotopic (exact) mass is 547 g/mol. The summed E-state index contributed by atoms with van der Waals surface area (Å²) in [7, 11) is -1.64. The number of pyridine rings is 1. The van der Waals surface area contributed by atoms with Crippen molar-refractivity contribution in [3.05, 3.63) is 60.4 Å². The van der Waals surface area contributed by atoms with Gasteiger partial charge in [0.15, 0.2) is 5.82 Å². The molecule has 4 aromatic heterocycles. The van der Waals surface area contributed by atoms with E-state index in [0.29, 0.717) is 48.0 Å². The highest BCUT2D eigenvalue weighted by Crippen LogP contribution is 2.30. The minimum absolute atomic E-state index is 0.0230. The molecule has 4 aromatic rings. The number of aliphatic hydroxyl groups excluding tert-OH is 1. The van der Waals surface area contributed by atoms with E-state index in [-0.39, 0.29) is 17.3 Å². The third-order valence-electron chi connectivity index (χ3n) is 6.07. The Bertz CT molecular complexity index is 1660. The zero-order chi connectivity index (χ0) is 27.6. The predicted octanol–water partition coefficient (Wildman–Crippen LogP) is 2.38. The Morgan fingerprint density at radius 2 is 1.92 bits per heavy atom.